The number of pyridine rings is 1. The second-order valence-corrected chi connectivity index (χ2v) is 6.64. The Kier molecular flexibility index (Phi) is 3.71. The van der Waals surface area contributed by atoms with Gasteiger partial charge in [-0.05, 0) is 30.0 Å². The lowest BCUT2D eigenvalue weighted by Crippen LogP contribution is -2.33. The molecule has 8 heteroatoms. The number of nitrogens with zero attached hydrogens (tertiary/aromatic N) is 1. The number of ether oxygens (including phenoxy) is 2. The van der Waals surface area contributed by atoms with Gasteiger partial charge < -0.3 is 20.5 Å². The van der Waals surface area contributed by atoms with Gasteiger partial charge in [-0.25, -0.2) is 9.37 Å². The first kappa shape index (κ1) is 16.6. The summed E-state index contributed by atoms with van der Waals surface area (Å²) in [5, 5.41) is 4.09. The van der Waals surface area contributed by atoms with E-state index in [9.17, 15) is 14.0 Å². The Morgan fingerprint density at radius 2 is 2.31 bits per heavy atom. The minimum Gasteiger partial charge on any atom is -0.496 e. The second-order valence-electron chi connectivity index (χ2n) is 6.64. The highest BCUT2D eigenvalue weighted by Crippen LogP contribution is 2.54. The largest absolute Gasteiger partial charge is 0.496 e. The summed E-state index contributed by atoms with van der Waals surface area (Å²) in [5.74, 6) is -0.634. The molecule has 1 aromatic carbocycles. The van der Waals surface area contributed by atoms with Crippen LogP contribution in [0, 0.1) is 5.92 Å². The Bertz CT molecular complexity index is 919. The normalized spacial score (nSPS) is 26.3. The number of amides is 2. The molecule has 4 rings (SSSR count). The maximum absolute atomic E-state index is 14.0. The topological polar surface area (TPSA) is 104 Å². The molecule has 2 heterocycles. The van der Waals surface area contributed by atoms with Crippen molar-refractivity contribution in [2.24, 2.45) is 11.7 Å². The van der Waals surface area contributed by atoms with Gasteiger partial charge in [0.2, 0.25) is 5.88 Å². The number of aromatic nitrogens is 1. The van der Waals surface area contributed by atoms with Gasteiger partial charge >= 0.3 is 0 Å². The fourth-order valence-electron chi connectivity index (χ4n) is 3.58. The van der Waals surface area contributed by atoms with Crippen LogP contribution in [0.5, 0.6) is 11.6 Å². The zero-order chi connectivity index (χ0) is 18.5. The highest BCUT2D eigenvalue weighted by atomic mass is 19.1. The van der Waals surface area contributed by atoms with E-state index in [0.29, 0.717) is 29.9 Å². The molecule has 26 heavy (non-hydrogen) atoms. The number of primary amides is 1. The third-order valence-electron chi connectivity index (χ3n) is 5.11. The number of nitrogens with two attached hydrogens (primary N) is 1. The summed E-state index contributed by atoms with van der Waals surface area (Å²) in [6, 6.07) is 4.82. The predicted molar refractivity (Wildman–Crippen MR) is 90.8 cm³/mol. The summed E-state index contributed by atoms with van der Waals surface area (Å²) in [4.78, 5) is 27.3. The molecule has 1 saturated heterocycles. The molecule has 0 bridgehead atoms. The minimum atomic E-state index is -1.67. The summed E-state index contributed by atoms with van der Waals surface area (Å²) in [5.41, 5.74) is 3.99. The van der Waals surface area contributed by atoms with E-state index in [1.54, 1.807) is 24.4 Å². The molecule has 0 unspecified atom stereocenters. The number of hydrogen-bond donors (Lipinski definition) is 2. The molecule has 2 aromatic rings. The van der Waals surface area contributed by atoms with Crippen molar-refractivity contribution in [3.63, 3.8) is 0 Å². The van der Waals surface area contributed by atoms with E-state index in [-0.39, 0.29) is 24.1 Å². The van der Waals surface area contributed by atoms with Crippen LogP contribution in [0.4, 0.5) is 4.39 Å². The number of benzene rings is 1. The van der Waals surface area contributed by atoms with Gasteiger partial charge in [0, 0.05) is 30.0 Å². The average molecular weight is 359 g/mol. The average Bonchev–Trinajstić information content (AvgIpc) is 3.26. The van der Waals surface area contributed by atoms with E-state index >= 15 is 0 Å². The van der Waals surface area contributed by atoms with E-state index in [1.165, 1.54) is 7.11 Å². The number of carbonyl (C=O) groups is 2. The Hall–Kier alpha value is -2.90. The third kappa shape index (κ3) is 2.53. The van der Waals surface area contributed by atoms with Crippen molar-refractivity contribution < 1.29 is 23.5 Å². The number of rotatable bonds is 6. The Morgan fingerprint density at radius 1 is 1.50 bits per heavy atom. The van der Waals surface area contributed by atoms with Crippen molar-refractivity contribution in [3.8, 4) is 11.6 Å². The summed E-state index contributed by atoms with van der Waals surface area (Å²) in [7, 11) is 1.45. The Labute approximate surface area is 148 Å². The zero-order valence-corrected chi connectivity index (χ0v) is 14.1. The molecule has 1 aliphatic carbocycles. The van der Waals surface area contributed by atoms with Crippen LogP contribution in [-0.4, -0.2) is 42.2 Å². The zero-order valence-electron chi connectivity index (χ0n) is 14.1. The first-order chi connectivity index (χ1) is 12.4. The monoisotopic (exact) mass is 359 g/mol. The van der Waals surface area contributed by atoms with E-state index in [4.69, 9.17) is 15.2 Å². The first-order valence-corrected chi connectivity index (χ1v) is 8.33. The lowest BCUT2D eigenvalue weighted by atomic mass is 10.1. The number of nitrogens with one attached hydrogen (secondary N) is 1. The number of halogens is 1. The van der Waals surface area contributed by atoms with Crippen LogP contribution in [0.3, 0.4) is 0 Å². The Balaban J connectivity index is 1.51. The smallest absolute Gasteiger partial charge is 0.258 e. The van der Waals surface area contributed by atoms with Crippen molar-refractivity contribution in [1.82, 2.24) is 10.3 Å². The molecule has 136 valence electrons. The quantitative estimate of drug-likeness (QED) is 0.810. The van der Waals surface area contributed by atoms with Crippen molar-refractivity contribution >= 4 is 22.6 Å². The molecular weight excluding hydrogens is 341 g/mol. The summed E-state index contributed by atoms with van der Waals surface area (Å²) in [6.45, 7) is 0.281. The van der Waals surface area contributed by atoms with Gasteiger partial charge in [-0.3, -0.25) is 9.59 Å². The molecule has 1 saturated carbocycles. The van der Waals surface area contributed by atoms with Gasteiger partial charge in [-0.1, -0.05) is 0 Å². The highest BCUT2D eigenvalue weighted by Gasteiger charge is 2.69. The molecule has 2 fully saturated rings. The number of methoxy groups -OCH3 is 1. The van der Waals surface area contributed by atoms with Crippen molar-refractivity contribution in [2.75, 3.05) is 13.7 Å². The van der Waals surface area contributed by atoms with Gasteiger partial charge in [-0.2, -0.15) is 0 Å². The number of fused-ring (bicyclic) bond motifs is 2. The van der Waals surface area contributed by atoms with Gasteiger partial charge in [0.15, 0.2) is 5.67 Å². The number of piperidine rings is 1. The highest BCUT2D eigenvalue weighted by molar-refractivity contribution is 6.01. The maximum atomic E-state index is 14.0. The summed E-state index contributed by atoms with van der Waals surface area (Å²) < 4.78 is 24.9. The molecule has 3 atom stereocenters. The third-order valence-corrected chi connectivity index (χ3v) is 5.11. The van der Waals surface area contributed by atoms with E-state index < -0.39 is 17.5 Å². The molecule has 0 spiro atoms. The summed E-state index contributed by atoms with van der Waals surface area (Å²) >= 11 is 0. The van der Waals surface area contributed by atoms with Gasteiger partial charge in [0.1, 0.15) is 5.75 Å². The molecule has 1 aliphatic heterocycles. The van der Waals surface area contributed by atoms with Crippen molar-refractivity contribution in [2.45, 2.75) is 24.6 Å². The molecule has 2 amide bonds. The fraction of sp³-hybridized carbons (Fsp3) is 0.389. The van der Waals surface area contributed by atoms with Crippen LogP contribution in [0.25, 0.3) is 10.8 Å². The molecule has 3 N–H and O–H groups in total. The molecule has 2 aliphatic rings. The predicted octanol–water partition coefficient (Wildman–Crippen LogP) is 1.34. The van der Waals surface area contributed by atoms with Crippen LogP contribution < -0.4 is 20.5 Å². The lowest BCUT2D eigenvalue weighted by Gasteiger charge is -2.14. The summed E-state index contributed by atoms with van der Waals surface area (Å²) in [6.07, 6.45) is 2.36. The van der Waals surface area contributed by atoms with Gasteiger partial charge in [0.25, 0.3) is 11.8 Å². The van der Waals surface area contributed by atoms with Crippen LogP contribution in [-0.2, 0) is 4.79 Å². The van der Waals surface area contributed by atoms with Crippen LogP contribution in [0.2, 0.25) is 0 Å². The van der Waals surface area contributed by atoms with Crippen LogP contribution in [0.15, 0.2) is 24.4 Å². The van der Waals surface area contributed by atoms with Crippen molar-refractivity contribution in [3.05, 3.63) is 30.0 Å². The SMILES string of the molecule is COc1cc2c(OCC[C@H]3NC(=O)[C@]4(F)C[C@H]34)nccc2cc1C(N)=O. The number of carbonyl (C=O) groups excluding carboxylic acids is 2. The van der Waals surface area contributed by atoms with Crippen LogP contribution >= 0.6 is 0 Å². The first-order valence-electron chi connectivity index (χ1n) is 8.33. The van der Waals surface area contributed by atoms with Crippen LogP contribution in [0.1, 0.15) is 23.2 Å². The van der Waals surface area contributed by atoms with Crippen molar-refractivity contribution in [1.29, 1.82) is 0 Å². The minimum absolute atomic E-state index is 0.210. The van der Waals surface area contributed by atoms with E-state index in [2.05, 4.69) is 10.3 Å². The van der Waals surface area contributed by atoms with Gasteiger partial charge in [0.05, 0.1) is 19.3 Å². The molecule has 0 radical (unpaired) electrons. The van der Waals surface area contributed by atoms with Gasteiger partial charge in [-0.15, -0.1) is 0 Å². The number of alkyl halides is 1. The standard InChI is InChI=1S/C18H18FN3O4/c1-25-14-7-10-9(6-11(14)15(20)23)2-4-21-16(10)26-5-3-13-12-8-18(12,19)17(24)22-13/h2,4,6-7,12-13H,3,5,8H2,1H3,(H2,20,23)(H,22,24)/t12-,13-,18+/m1/s1. The number of hydrogen-bond acceptors (Lipinski definition) is 5. The second kappa shape index (κ2) is 5.82. The molecular formula is C18H18FN3O4. The Morgan fingerprint density at radius 3 is 2.92 bits per heavy atom. The lowest BCUT2D eigenvalue weighted by molar-refractivity contribution is -0.125. The maximum Gasteiger partial charge on any atom is 0.258 e. The van der Waals surface area contributed by atoms with E-state index in [0.717, 1.165) is 5.39 Å². The molecule has 7 nitrogen and oxygen atoms in total. The fourth-order valence-corrected chi connectivity index (χ4v) is 3.58. The molecule has 1 aromatic heterocycles. The van der Waals surface area contributed by atoms with E-state index in [1.807, 2.05) is 0 Å².